The zero-order valence-electron chi connectivity index (χ0n) is 11.0. The first-order chi connectivity index (χ1) is 8.22. The maximum atomic E-state index is 5.32. The third kappa shape index (κ3) is 2.72. The van der Waals surface area contributed by atoms with E-state index < -0.39 is 0 Å². The van der Waals surface area contributed by atoms with E-state index in [1.54, 1.807) is 7.11 Å². The zero-order chi connectivity index (χ0) is 12.3. The SMILES string of the molecule is COc1ccc(NCC2CCNC2)c(C)c1C. The molecule has 1 heterocycles. The molecule has 0 amide bonds. The van der Waals surface area contributed by atoms with Crippen molar-refractivity contribution in [2.24, 2.45) is 5.92 Å². The molecule has 2 rings (SSSR count). The molecule has 1 aliphatic rings. The number of benzene rings is 1. The largest absolute Gasteiger partial charge is 0.496 e. The van der Waals surface area contributed by atoms with Crippen LogP contribution in [0.4, 0.5) is 5.69 Å². The summed E-state index contributed by atoms with van der Waals surface area (Å²) in [5.74, 6) is 1.73. The highest BCUT2D eigenvalue weighted by Gasteiger charge is 2.14. The van der Waals surface area contributed by atoms with Gasteiger partial charge < -0.3 is 15.4 Å². The molecule has 0 aromatic heterocycles. The molecule has 0 spiro atoms. The molecule has 94 valence electrons. The lowest BCUT2D eigenvalue weighted by Gasteiger charge is -2.16. The summed E-state index contributed by atoms with van der Waals surface area (Å²) >= 11 is 0. The summed E-state index contributed by atoms with van der Waals surface area (Å²) < 4.78 is 5.32. The van der Waals surface area contributed by atoms with Gasteiger partial charge in [0, 0.05) is 12.2 Å². The van der Waals surface area contributed by atoms with Crippen molar-refractivity contribution in [2.45, 2.75) is 20.3 Å². The van der Waals surface area contributed by atoms with E-state index in [0.29, 0.717) is 0 Å². The Bertz CT molecular complexity index is 384. The second kappa shape index (κ2) is 5.41. The lowest BCUT2D eigenvalue weighted by molar-refractivity contribution is 0.411. The Morgan fingerprint density at radius 1 is 1.35 bits per heavy atom. The van der Waals surface area contributed by atoms with Crippen molar-refractivity contribution in [3.8, 4) is 5.75 Å². The summed E-state index contributed by atoms with van der Waals surface area (Å²) in [4.78, 5) is 0. The van der Waals surface area contributed by atoms with Gasteiger partial charge in [-0.25, -0.2) is 0 Å². The van der Waals surface area contributed by atoms with Crippen LogP contribution >= 0.6 is 0 Å². The van der Waals surface area contributed by atoms with Crippen LogP contribution in [0.2, 0.25) is 0 Å². The third-order valence-corrected chi connectivity index (χ3v) is 3.70. The molecular weight excluding hydrogens is 212 g/mol. The van der Waals surface area contributed by atoms with Crippen LogP contribution in [-0.2, 0) is 0 Å². The van der Waals surface area contributed by atoms with Crippen molar-refractivity contribution < 1.29 is 4.74 Å². The molecule has 0 saturated carbocycles. The summed E-state index contributed by atoms with van der Waals surface area (Å²) in [6.45, 7) is 7.61. The molecule has 17 heavy (non-hydrogen) atoms. The molecule has 3 nitrogen and oxygen atoms in total. The number of nitrogens with one attached hydrogen (secondary N) is 2. The van der Waals surface area contributed by atoms with Crippen LogP contribution in [0.25, 0.3) is 0 Å². The molecule has 0 radical (unpaired) electrons. The van der Waals surface area contributed by atoms with E-state index in [4.69, 9.17) is 4.74 Å². The number of methoxy groups -OCH3 is 1. The average Bonchev–Trinajstić information content (AvgIpc) is 2.84. The molecule has 1 aromatic rings. The molecule has 2 N–H and O–H groups in total. The van der Waals surface area contributed by atoms with Crippen molar-refractivity contribution in [1.82, 2.24) is 5.32 Å². The fourth-order valence-electron chi connectivity index (χ4n) is 2.35. The molecule has 3 heteroatoms. The number of ether oxygens (including phenoxy) is 1. The van der Waals surface area contributed by atoms with Gasteiger partial charge >= 0.3 is 0 Å². The van der Waals surface area contributed by atoms with Crippen molar-refractivity contribution in [2.75, 3.05) is 32.1 Å². The minimum atomic E-state index is 0.761. The van der Waals surface area contributed by atoms with Gasteiger partial charge in [0.2, 0.25) is 0 Å². The predicted octanol–water partition coefficient (Wildman–Crippen LogP) is 2.33. The highest BCUT2D eigenvalue weighted by molar-refractivity contribution is 5.58. The summed E-state index contributed by atoms with van der Waals surface area (Å²) in [6, 6.07) is 4.15. The molecule has 0 aliphatic carbocycles. The number of rotatable bonds is 4. The van der Waals surface area contributed by atoms with Gasteiger partial charge in [-0.2, -0.15) is 0 Å². The van der Waals surface area contributed by atoms with E-state index in [2.05, 4.69) is 30.5 Å². The molecular formula is C14H22N2O. The first-order valence-electron chi connectivity index (χ1n) is 6.31. The van der Waals surface area contributed by atoms with Gasteiger partial charge in [0.1, 0.15) is 5.75 Å². The van der Waals surface area contributed by atoms with Gasteiger partial charge in [-0.1, -0.05) is 0 Å². The Morgan fingerprint density at radius 2 is 2.18 bits per heavy atom. The Balaban J connectivity index is 2.03. The number of anilines is 1. The van der Waals surface area contributed by atoms with Crippen LogP contribution in [0.15, 0.2) is 12.1 Å². The second-order valence-corrected chi connectivity index (χ2v) is 4.81. The van der Waals surface area contributed by atoms with Crippen LogP contribution in [0.5, 0.6) is 5.75 Å². The van der Waals surface area contributed by atoms with Crippen LogP contribution in [0.3, 0.4) is 0 Å². The maximum Gasteiger partial charge on any atom is 0.122 e. The van der Waals surface area contributed by atoms with Gasteiger partial charge in [-0.05, 0) is 62.5 Å². The summed E-state index contributed by atoms with van der Waals surface area (Å²) in [5.41, 5.74) is 3.74. The van der Waals surface area contributed by atoms with Gasteiger partial charge in [0.25, 0.3) is 0 Å². The topological polar surface area (TPSA) is 33.3 Å². The van der Waals surface area contributed by atoms with Crippen molar-refractivity contribution in [3.63, 3.8) is 0 Å². The average molecular weight is 234 g/mol. The third-order valence-electron chi connectivity index (χ3n) is 3.70. The van der Waals surface area contributed by atoms with Gasteiger partial charge in [0.15, 0.2) is 0 Å². The smallest absolute Gasteiger partial charge is 0.122 e. The first-order valence-corrected chi connectivity index (χ1v) is 6.31. The Kier molecular flexibility index (Phi) is 3.89. The minimum absolute atomic E-state index is 0.761. The van der Waals surface area contributed by atoms with E-state index in [-0.39, 0.29) is 0 Å². The standard InChI is InChI=1S/C14H22N2O/c1-10-11(2)14(17-3)5-4-13(10)16-9-12-6-7-15-8-12/h4-5,12,15-16H,6-9H2,1-3H3. The molecule has 1 aromatic carbocycles. The quantitative estimate of drug-likeness (QED) is 0.839. The Hall–Kier alpha value is -1.22. The van der Waals surface area contributed by atoms with Crippen LogP contribution in [-0.4, -0.2) is 26.7 Å². The monoisotopic (exact) mass is 234 g/mol. The molecule has 1 fully saturated rings. The summed E-state index contributed by atoms with van der Waals surface area (Å²) in [7, 11) is 1.72. The second-order valence-electron chi connectivity index (χ2n) is 4.81. The van der Waals surface area contributed by atoms with Crippen LogP contribution in [0, 0.1) is 19.8 Å². The highest BCUT2D eigenvalue weighted by Crippen LogP contribution is 2.27. The van der Waals surface area contributed by atoms with Gasteiger partial charge in [-0.3, -0.25) is 0 Å². The van der Waals surface area contributed by atoms with E-state index in [1.807, 2.05) is 6.07 Å². The van der Waals surface area contributed by atoms with Crippen molar-refractivity contribution >= 4 is 5.69 Å². The minimum Gasteiger partial charge on any atom is -0.496 e. The normalized spacial score (nSPS) is 19.4. The fraction of sp³-hybridized carbons (Fsp3) is 0.571. The molecule has 1 unspecified atom stereocenters. The lowest BCUT2D eigenvalue weighted by atomic mass is 10.1. The molecule has 0 bridgehead atoms. The maximum absolute atomic E-state index is 5.32. The van der Waals surface area contributed by atoms with Crippen molar-refractivity contribution in [3.05, 3.63) is 23.3 Å². The fourth-order valence-corrected chi connectivity index (χ4v) is 2.35. The van der Waals surface area contributed by atoms with E-state index in [0.717, 1.165) is 31.3 Å². The van der Waals surface area contributed by atoms with E-state index >= 15 is 0 Å². The highest BCUT2D eigenvalue weighted by atomic mass is 16.5. The summed E-state index contributed by atoms with van der Waals surface area (Å²) in [5, 5.41) is 6.94. The van der Waals surface area contributed by atoms with Crippen molar-refractivity contribution in [1.29, 1.82) is 0 Å². The number of hydrogen-bond donors (Lipinski definition) is 2. The zero-order valence-corrected chi connectivity index (χ0v) is 11.0. The number of hydrogen-bond acceptors (Lipinski definition) is 3. The van der Waals surface area contributed by atoms with Gasteiger partial charge in [-0.15, -0.1) is 0 Å². The van der Waals surface area contributed by atoms with Crippen LogP contribution in [0.1, 0.15) is 17.5 Å². The molecule has 1 saturated heterocycles. The predicted molar refractivity (Wildman–Crippen MR) is 71.9 cm³/mol. The first kappa shape index (κ1) is 12.2. The Labute approximate surface area is 104 Å². The Morgan fingerprint density at radius 3 is 2.82 bits per heavy atom. The van der Waals surface area contributed by atoms with E-state index in [1.165, 1.54) is 23.2 Å². The van der Waals surface area contributed by atoms with E-state index in [9.17, 15) is 0 Å². The van der Waals surface area contributed by atoms with Crippen LogP contribution < -0.4 is 15.4 Å². The molecule has 1 aliphatic heterocycles. The van der Waals surface area contributed by atoms with Gasteiger partial charge in [0.05, 0.1) is 7.11 Å². The lowest BCUT2D eigenvalue weighted by Crippen LogP contribution is -2.17. The summed E-state index contributed by atoms with van der Waals surface area (Å²) in [6.07, 6.45) is 1.28. The molecule has 1 atom stereocenters.